The molecule has 0 saturated heterocycles. The van der Waals surface area contributed by atoms with E-state index in [1.54, 1.807) is 19.2 Å². The third-order valence-corrected chi connectivity index (χ3v) is 2.83. The van der Waals surface area contributed by atoms with Crippen LogP contribution in [0.2, 0.25) is 10.0 Å². The standard InChI is InChI=1S/C8H7BrCl2O/c1-12-7-3-2-6(10)5(4-9)8(7)11/h2-3H,4H2,1H3. The fourth-order valence-corrected chi connectivity index (χ4v) is 2.34. The number of benzene rings is 1. The van der Waals surface area contributed by atoms with Crippen molar-refractivity contribution in [2.75, 3.05) is 7.11 Å². The van der Waals surface area contributed by atoms with E-state index in [0.29, 0.717) is 21.1 Å². The molecule has 0 N–H and O–H groups in total. The predicted molar refractivity (Wildman–Crippen MR) is 55.6 cm³/mol. The van der Waals surface area contributed by atoms with Gasteiger partial charge in [-0.05, 0) is 12.1 Å². The molecule has 0 aromatic heterocycles. The lowest BCUT2D eigenvalue weighted by Crippen LogP contribution is -1.88. The Morgan fingerprint density at radius 3 is 2.58 bits per heavy atom. The Morgan fingerprint density at radius 2 is 2.08 bits per heavy atom. The van der Waals surface area contributed by atoms with Gasteiger partial charge in [-0.25, -0.2) is 0 Å². The van der Waals surface area contributed by atoms with Gasteiger partial charge in [0.1, 0.15) is 5.75 Å². The molecule has 0 aliphatic heterocycles. The fraction of sp³-hybridized carbons (Fsp3) is 0.250. The van der Waals surface area contributed by atoms with E-state index in [0.717, 1.165) is 5.56 Å². The summed E-state index contributed by atoms with van der Waals surface area (Å²) in [6, 6.07) is 3.51. The third-order valence-electron chi connectivity index (χ3n) is 1.50. The fourth-order valence-electron chi connectivity index (χ4n) is 0.856. The second-order valence-corrected chi connectivity index (χ2v) is 3.52. The Labute approximate surface area is 89.7 Å². The van der Waals surface area contributed by atoms with Gasteiger partial charge < -0.3 is 4.74 Å². The van der Waals surface area contributed by atoms with Gasteiger partial charge in [0.25, 0.3) is 0 Å². The predicted octanol–water partition coefficient (Wildman–Crippen LogP) is 3.90. The number of rotatable bonds is 2. The highest BCUT2D eigenvalue weighted by Gasteiger charge is 2.09. The topological polar surface area (TPSA) is 9.23 Å². The number of ether oxygens (including phenoxy) is 1. The number of hydrogen-bond donors (Lipinski definition) is 0. The molecular formula is C8H7BrCl2O. The monoisotopic (exact) mass is 268 g/mol. The zero-order valence-electron chi connectivity index (χ0n) is 6.40. The first kappa shape index (κ1) is 10.2. The minimum Gasteiger partial charge on any atom is -0.495 e. The maximum Gasteiger partial charge on any atom is 0.137 e. The van der Waals surface area contributed by atoms with E-state index in [9.17, 15) is 0 Å². The van der Waals surface area contributed by atoms with E-state index in [2.05, 4.69) is 15.9 Å². The van der Waals surface area contributed by atoms with Crippen molar-refractivity contribution in [1.29, 1.82) is 0 Å². The van der Waals surface area contributed by atoms with Crippen LogP contribution in [0.4, 0.5) is 0 Å². The average molecular weight is 270 g/mol. The molecule has 0 aliphatic rings. The van der Waals surface area contributed by atoms with Crippen molar-refractivity contribution in [3.8, 4) is 5.75 Å². The quantitative estimate of drug-likeness (QED) is 0.740. The number of methoxy groups -OCH3 is 1. The number of halogens is 3. The summed E-state index contributed by atoms with van der Waals surface area (Å²) in [5.74, 6) is 0.649. The highest BCUT2D eigenvalue weighted by Crippen LogP contribution is 2.34. The third kappa shape index (κ3) is 1.87. The molecule has 0 amide bonds. The normalized spacial score (nSPS) is 10.0. The molecule has 4 heteroatoms. The van der Waals surface area contributed by atoms with Gasteiger partial charge in [-0.1, -0.05) is 39.1 Å². The van der Waals surface area contributed by atoms with Crippen LogP contribution in [-0.4, -0.2) is 7.11 Å². The van der Waals surface area contributed by atoms with Gasteiger partial charge in [-0.2, -0.15) is 0 Å². The molecule has 0 spiro atoms. The van der Waals surface area contributed by atoms with Crippen LogP contribution in [0.5, 0.6) is 5.75 Å². The van der Waals surface area contributed by atoms with Crippen LogP contribution in [0.25, 0.3) is 0 Å². The second-order valence-electron chi connectivity index (χ2n) is 2.18. The highest BCUT2D eigenvalue weighted by molar-refractivity contribution is 9.08. The van der Waals surface area contributed by atoms with Gasteiger partial charge in [0.2, 0.25) is 0 Å². The van der Waals surface area contributed by atoms with E-state index >= 15 is 0 Å². The minimum absolute atomic E-state index is 0.571. The molecule has 0 heterocycles. The Bertz CT molecular complexity index is 289. The Kier molecular flexibility index (Phi) is 3.69. The Balaban J connectivity index is 3.24. The molecule has 0 bridgehead atoms. The van der Waals surface area contributed by atoms with E-state index < -0.39 is 0 Å². The van der Waals surface area contributed by atoms with Crippen molar-refractivity contribution in [2.45, 2.75) is 5.33 Å². The maximum atomic E-state index is 5.97. The van der Waals surface area contributed by atoms with Gasteiger partial charge >= 0.3 is 0 Å². The van der Waals surface area contributed by atoms with Crippen molar-refractivity contribution in [1.82, 2.24) is 0 Å². The summed E-state index contributed by atoms with van der Waals surface area (Å²) >= 11 is 15.2. The lowest BCUT2D eigenvalue weighted by Gasteiger charge is -2.07. The first-order chi connectivity index (χ1) is 5.70. The molecule has 66 valence electrons. The molecule has 0 unspecified atom stereocenters. The first-order valence-electron chi connectivity index (χ1n) is 3.27. The largest absolute Gasteiger partial charge is 0.495 e. The highest BCUT2D eigenvalue weighted by atomic mass is 79.9. The average Bonchev–Trinajstić information content (AvgIpc) is 2.06. The molecular weight excluding hydrogens is 263 g/mol. The van der Waals surface area contributed by atoms with E-state index in [4.69, 9.17) is 27.9 Å². The van der Waals surface area contributed by atoms with Crippen molar-refractivity contribution < 1.29 is 4.74 Å². The number of alkyl halides is 1. The van der Waals surface area contributed by atoms with Gasteiger partial charge in [0, 0.05) is 15.9 Å². The van der Waals surface area contributed by atoms with Gasteiger partial charge in [-0.15, -0.1) is 0 Å². The van der Waals surface area contributed by atoms with Crippen LogP contribution in [0, 0.1) is 0 Å². The van der Waals surface area contributed by atoms with E-state index in [1.807, 2.05) is 0 Å². The van der Waals surface area contributed by atoms with Gasteiger partial charge in [0.15, 0.2) is 0 Å². The van der Waals surface area contributed by atoms with Gasteiger partial charge in [-0.3, -0.25) is 0 Å². The molecule has 0 saturated carbocycles. The molecule has 0 radical (unpaired) electrons. The van der Waals surface area contributed by atoms with Crippen LogP contribution in [0.1, 0.15) is 5.56 Å². The van der Waals surface area contributed by atoms with E-state index in [-0.39, 0.29) is 0 Å². The SMILES string of the molecule is COc1ccc(Cl)c(CBr)c1Cl. The van der Waals surface area contributed by atoms with Crippen molar-refractivity contribution in [3.05, 3.63) is 27.7 Å². The molecule has 1 aromatic rings. The summed E-state index contributed by atoms with van der Waals surface area (Å²) in [4.78, 5) is 0. The molecule has 0 aliphatic carbocycles. The van der Waals surface area contributed by atoms with Crippen LogP contribution in [0.3, 0.4) is 0 Å². The van der Waals surface area contributed by atoms with Crippen LogP contribution in [0.15, 0.2) is 12.1 Å². The smallest absolute Gasteiger partial charge is 0.137 e. The zero-order valence-corrected chi connectivity index (χ0v) is 9.50. The minimum atomic E-state index is 0.571. The summed E-state index contributed by atoms with van der Waals surface area (Å²) in [7, 11) is 1.58. The van der Waals surface area contributed by atoms with Crippen molar-refractivity contribution >= 4 is 39.1 Å². The molecule has 1 nitrogen and oxygen atoms in total. The molecule has 0 atom stereocenters. The lowest BCUT2D eigenvalue weighted by atomic mass is 10.2. The Hall–Kier alpha value is 0.0800. The molecule has 1 aromatic carbocycles. The van der Waals surface area contributed by atoms with E-state index in [1.165, 1.54) is 0 Å². The zero-order chi connectivity index (χ0) is 9.14. The summed E-state index contributed by atoms with van der Waals surface area (Å²) in [5.41, 5.74) is 0.859. The van der Waals surface area contributed by atoms with Crippen LogP contribution in [-0.2, 0) is 5.33 Å². The van der Waals surface area contributed by atoms with Crippen molar-refractivity contribution in [2.24, 2.45) is 0 Å². The maximum absolute atomic E-state index is 5.97. The summed E-state index contributed by atoms with van der Waals surface area (Å²) in [6.45, 7) is 0. The lowest BCUT2D eigenvalue weighted by molar-refractivity contribution is 0.414. The second kappa shape index (κ2) is 4.35. The number of hydrogen-bond acceptors (Lipinski definition) is 1. The summed E-state index contributed by atoms with van der Waals surface area (Å²) < 4.78 is 5.03. The Morgan fingerprint density at radius 1 is 1.42 bits per heavy atom. The molecule has 1 rings (SSSR count). The van der Waals surface area contributed by atoms with Crippen LogP contribution < -0.4 is 4.74 Å². The molecule has 0 fully saturated rings. The molecule has 12 heavy (non-hydrogen) atoms. The van der Waals surface area contributed by atoms with Crippen LogP contribution >= 0.6 is 39.1 Å². The summed E-state index contributed by atoms with van der Waals surface area (Å²) in [6.07, 6.45) is 0. The first-order valence-corrected chi connectivity index (χ1v) is 5.15. The van der Waals surface area contributed by atoms with Gasteiger partial charge in [0.05, 0.1) is 12.1 Å². The summed E-state index contributed by atoms with van der Waals surface area (Å²) in [5, 5.41) is 1.85. The van der Waals surface area contributed by atoms with Crippen molar-refractivity contribution in [3.63, 3.8) is 0 Å².